The summed E-state index contributed by atoms with van der Waals surface area (Å²) in [5, 5.41) is 0. The predicted molar refractivity (Wildman–Crippen MR) is 91.3 cm³/mol. The molecule has 4 heteroatoms. The van der Waals surface area contributed by atoms with E-state index in [1.165, 1.54) is 6.08 Å². The van der Waals surface area contributed by atoms with Crippen molar-refractivity contribution < 1.29 is 14.3 Å². The molecule has 0 aromatic heterocycles. The van der Waals surface area contributed by atoms with Gasteiger partial charge < -0.3 is 4.74 Å². The number of benzene rings is 2. The molecule has 0 saturated heterocycles. The van der Waals surface area contributed by atoms with Crippen LogP contribution in [-0.4, -0.2) is 17.9 Å². The molecule has 1 aliphatic rings. The van der Waals surface area contributed by atoms with Crippen LogP contribution in [0.15, 0.2) is 71.2 Å². The fourth-order valence-electron chi connectivity index (χ4n) is 2.70. The van der Waals surface area contributed by atoms with Crippen LogP contribution in [0.3, 0.4) is 0 Å². The molecule has 0 radical (unpaired) electrons. The van der Waals surface area contributed by atoms with Crippen LogP contribution in [0.1, 0.15) is 28.3 Å². The molecule has 1 aliphatic heterocycles. The zero-order valence-electron chi connectivity index (χ0n) is 12.3. The van der Waals surface area contributed by atoms with Crippen molar-refractivity contribution in [3.05, 3.63) is 82.3 Å². The maximum absolute atomic E-state index is 12.6. The summed E-state index contributed by atoms with van der Waals surface area (Å²) in [5.41, 5.74) is 1.63. The maximum Gasteiger partial charge on any atom is 0.331 e. The average molecular weight is 371 g/mol. The topological polar surface area (TPSA) is 43.4 Å². The van der Waals surface area contributed by atoms with E-state index >= 15 is 0 Å². The Morgan fingerprint density at radius 2 is 1.91 bits per heavy atom. The minimum Gasteiger partial charge on any atom is -0.454 e. The third kappa shape index (κ3) is 3.77. The smallest absolute Gasteiger partial charge is 0.331 e. The van der Waals surface area contributed by atoms with Gasteiger partial charge in [0.15, 0.2) is 5.78 Å². The summed E-state index contributed by atoms with van der Waals surface area (Å²) in [4.78, 5) is 24.0. The van der Waals surface area contributed by atoms with Crippen molar-refractivity contribution >= 4 is 27.7 Å². The van der Waals surface area contributed by atoms with E-state index in [-0.39, 0.29) is 24.1 Å². The third-order valence-corrected chi connectivity index (χ3v) is 4.34. The Hall–Kier alpha value is -2.20. The molecule has 3 nitrogen and oxygen atoms in total. The number of Topliss-reactive ketones (excluding diaryl/α,β-unsaturated/α-hetero) is 1. The minimum absolute atomic E-state index is 0.0342. The Balaban J connectivity index is 1.88. The van der Waals surface area contributed by atoms with Gasteiger partial charge in [-0.2, -0.15) is 0 Å². The Morgan fingerprint density at radius 1 is 1.13 bits per heavy atom. The summed E-state index contributed by atoms with van der Waals surface area (Å²) in [7, 11) is 0. The molecule has 2 aromatic carbocycles. The molecule has 0 spiro atoms. The standard InChI is InChI=1S/C19H15BrO3/c20-15-8-4-7-14(11-15)16(18-9-10-19(22)23-18)12-17(21)13-5-2-1-3-6-13/h1-11,16,18H,12H2/t16-,18-/m0/s1. The van der Waals surface area contributed by atoms with Gasteiger partial charge in [0.2, 0.25) is 0 Å². The molecule has 0 fully saturated rings. The molecule has 0 bridgehead atoms. The summed E-state index contributed by atoms with van der Waals surface area (Å²) in [6.45, 7) is 0. The molecule has 1 heterocycles. The van der Waals surface area contributed by atoms with Gasteiger partial charge in [0.05, 0.1) is 0 Å². The summed E-state index contributed by atoms with van der Waals surface area (Å²) in [6, 6.07) is 16.9. The van der Waals surface area contributed by atoms with Gasteiger partial charge in [-0.1, -0.05) is 58.4 Å². The summed E-state index contributed by atoms with van der Waals surface area (Å²) in [6.07, 6.45) is 3.02. The molecule has 0 amide bonds. The fourth-order valence-corrected chi connectivity index (χ4v) is 3.12. The number of cyclic esters (lactones) is 1. The van der Waals surface area contributed by atoms with Crippen molar-refractivity contribution in [1.29, 1.82) is 0 Å². The molecule has 0 unspecified atom stereocenters. The second-order valence-corrected chi connectivity index (χ2v) is 6.33. The normalized spacial score (nSPS) is 17.8. The van der Waals surface area contributed by atoms with Gasteiger partial charge in [-0.05, 0) is 23.8 Å². The number of hydrogen-bond acceptors (Lipinski definition) is 3. The van der Waals surface area contributed by atoms with Crippen LogP contribution in [-0.2, 0) is 9.53 Å². The Labute approximate surface area is 143 Å². The van der Waals surface area contributed by atoms with E-state index in [1.54, 1.807) is 18.2 Å². The molecular formula is C19H15BrO3. The van der Waals surface area contributed by atoms with Crippen LogP contribution in [0, 0.1) is 0 Å². The van der Waals surface area contributed by atoms with Crippen molar-refractivity contribution in [3.8, 4) is 0 Å². The van der Waals surface area contributed by atoms with Crippen LogP contribution in [0.2, 0.25) is 0 Å². The second kappa shape index (κ2) is 6.92. The van der Waals surface area contributed by atoms with Crippen molar-refractivity contribution in [3.63, 3.8) is 0 Å². The number of rotatable bonds is 5. The van der Waals surface area contributed by atoms with Crippen molar-refractivity contribution in [2.24, 2.45) is 0 Å². The monoisotopic (exact) mass is 370 g/mol. The highest BCUT2D eigenvalue weighted by Gasteiger charge is 2.30. The molecule has 23 heavy (non-hydrogen) atoms. The first-order valence-corrected chi connectivity index (χ1v) is 8.15. The third-order valence-electron chi connectivity index (χ3n) is 3.85. The van der Waals surface area contributed by atoms with E-state index in [0.29, 0.717) is 5.56 Å². The highest BCUT2D eigenvalue weighted by atomic mass is 79.9. The Bertz CT molecular complexity index is 752. The largest absolute Gasteiger partial charge is 0.454 e. The van der Waals surface area contributed by atoms with Crippen molar-refractivity contribution in [1.82, 2.24) is 0 Å². The van der Waals surface area contributed by atoms with Crippen LogP contribution in [0.25, 0.3) is 0 Å². The number of ether oxygens (including phenoxy) is 1. The first kappa shape index (κ1) is 15.7. The molecular weight excluding hydrogens is 356 g/mol. The van der Waals surface area contributed by atoms with Gasteiger partial charge in [0, 0.05) is 28.5 Å². The SMILES string of the molecule is O=C1C=C[C@@H]([C@@H](CC(=O)c2ccccc2)c2cccc(Br)c2)O1. The first-order chi connectivity index (χ1) is 11.1. The van der Waals surface area contributed by atoms with Crippen LogP contribution >= 0.6 is 15.9 Å². The highest BCUT2D eigenvalue weighted by molar-refractivity contribution is 9.10. The Kier molecular flexibility index (Phi) is 4.72. The van der Waals surface area contributed by atoms with Crippen LogP contribution in [0.4, 0.5) is 0 Å². The quantitative estimate of drug-likeness (QED) is 0.582. The highest BCUT2D eigenvalue weighted by Crippen LogP contribution is 2.31. The lowest BCUT2D eigenvalue weighted by Crippen LogP contribution is -2.21. The average Bonchev–Trinajstić information content (AvgIpc) is 2.99. The van der Waals surface area contributed by atoms with Crippen LogP contribution < -0.4 is 0 Å². The number of hydrogen-bond donors (Lipinski definition) is 0. The van der Waals surface area contributed by atoms with Crippen molar-refractivity contribution in [2.45, 2.75) is 18.4 Å². The zero-order valence-corrected chi connectivity index (χ0v) is 13.9. The Morgan fingerprint density at radius 3 is 2.57 bits per heavy atom. The fraction of sp³-hybridized carbons (Fsp3) is 0.158. The van der Waals surface area contributed by atoms with Gasteiger partial charge in [-0.3, -0.25) is 4.79 Å². The lowest BCUT2D eigenvalue weighted by molar-refractivity contribution is -0.139. The summed E-state index contributed by atoms with van der Waals surface area (Å²) in [5.74, 6) is -0.531. The second-order valence-electron chi connectivity index (χ2n) is 5.42. The van der Waals surface area contributed by atoms with E-state index in [0.717, 1.165) is 10.0 Å². The van der Waals surface area contributed by atoms with E-state index < -0.39 is 6.10 Å². The molecule has 116 valence electrons. The molecule has 0 aliphatic carbocycles. The molecule has 2 atom stereocenters. The van der Waals surface area contributed by atoms with Gasteiger partial charge in [-0.15, -0.1) is 0 Å². The minimum atomic E-state index is -0.413. The van der Waals surface area contributed by atoms with Crippen molar-refractivity contribution in [2.75, 3.05) is 0 Å². The number of halogens is 1. The van der Waals surface area contributed by atoms with Gasteiger partial charge in [0.1, 0.15) is 6.10 Å². The first-order valence-electron chi connectivity index (χ1n) is 7.36. The maximum atomic E-state index is 12.6. The summed E-state index contributed by atoms with van der Waals surface area (Å²) >= 11 is 3.45. The lowest BCUT2D eigenvalue weighted by Gasteiger charge is -2.22. The van der Waals surface area contributed by atoms with E-state index in [9.17, 15) is 9.59 Å². The molecule has 0 N–H and O–H groups in total. The predicted octanol–water partition coefficient (Wildman–Crippen LogP) is 4.29. The van der Waals surface area contributed by atoms with Gasteiger partial charge in [0.25, 0.3) is 0 Å². The van der Waals surface area contributed by atoms with E-state index in [2.05, 4.69) is 15.9 Å². The number of carbonyl (C=O) groups is 2. The molecule has 3 rings (SSSR count). The van der Waals surface area contributed by atoms with Gasteiger partial charge >= 0.3 is 5.97 Å². The van der Waals surface area contributed by atoms with E-state index in [4.69, 9.17) is 4.74 Å². The van der Waals surface area contributed by atoms with E-state index in [1.807, 2.05) is 42.5 Å². The number of carbonyl (C=O) groups excluding carboxylic acids is 2. The summed E-state index contributed by atoms with van der Waals surface area (Å²) < 4.78 is 6.27. The van der Waals surface area contributed by atoms with Gasteiger partial charge in [-0.25, -0.2) is 4.79 Å². The lowest BCUT2D eigenvalue weighted by atomic mass is 9.87. The number of esters is 1. The molecule has 2 aromatic rings. The number of ketones is 1. The molecule has 0 saturated carbocycles. The van der Waals surface area contributed by atoms with Crippen LogP contribution in [0.5, 0.6) is 0 Å². The zero-order chi connectivity index (χ0) is 16.2.